The first-order valence-corrected chi connectivity index (χ1v) is 18.6. The van der Waals surface area contributed by atoms with Crippen LogP contribution in [0.1, 0.15) is 94.6 Å². The van der Waals surface area contributed by atoms with Gasteiger partial charge in [0, 0.05) is 31.7 Å². The van der Waals surface area contributed by atoms with E-state index in [1.165, 1.54) is 0 Å². The predicted octanol–water partition coefficient (Wildman–Crippen LogP) is -1.95. The Hall–Kier alpha value is -4.54. The number of nitrogen functional groups attached to an aromatic ring is 2. The van der Waals surface area contributed by atoms with Crippen LogP contribution in [0.25, 0.3) is 0 Å². The lowest BCUT2D eigenvalue weighted by molar-refractivity contribution is -0.129. The maximum atomic E-state index is 13.9. The molecule has 0 saturated heterocycles. The quantitative estimate of drug-likeness (QED) is 0.0229. The molecule has 0 aromatic carbocycles. The summed E-state index contributed by atoms with van der Waals surface area (Å²) in [7, 11) is 0. The van der Waals surface area contributed by atoms with Crippen LogP contribution in [-0.2, 0) is 28.6 Å². The number of hydrogen-bond acceptors (Lipinski definition) is 16. The van der Waals surface area contributed by atoms with Crippen LogP contribution in [0.5, 0.6) is 0 Å². The van der Waals surface area contributed by atoms with E-state index in [0.29, 0.717) is 78.5 Å². The largest absolute Gasteiger partial charge is 0.382 e. The molecule has 56 heavy (non-hydrogen) atoms. The van der Waals surface area contributed by atoms with Crippen molar-refractivity contribution in [2.75, 3.05) is 77.3 Å². The van der Waals surface area contributed by atoms with E-state index in [9.17, 15) is 24.0 Å². The number of hydrogen-bond donors (Lipinski definition) is 11. The van der Waals surface area contributed by atoms with Crippen molar-refractivity contribution in [2.24, 2.45) is 17.2 Å². The molecule has 0 aliphatic heterocycles. The zero-order valence-electron chi connectivity index (χ0n) is 33.7. The topological polar surface area (TPSA) is 353 Å². The van der Waals surface area contributed by atoms with Crippen molar-refractivity contribution in [2.45, 2.75) is 96.3 Å². The number of nitrogens with zero attached hydrogens (tertiary/aromatic N) is 2. The van der Waals surface area contributed by atoms with Crippen molar-refractivity contribution in [3.8, 4) is 0 Å². The van der Waals surface area contributed by atoms with Crippen LogP contribution in [0.2, 0.25) is 0 Å². The maximum Gasteiger partial charge on any atom is 0.274 e. The Morgan fingerprint density at radius 3 is 1.80 bits per heavy atom. The first kappa shape index (κ1) is 49.5. The molecular formula is C35H65N13O8. The summed E-state index contributed by atoms with van der Waals surface area (Å²) in [5.41, 5.74) is 23.9. The summed E-state index contributed by atoms with van der Waals surface area (Å²) in [6.45, 7) is 13.7. The van der Waals surface area contributed by atoms with E-state index >= 15 is 0 Å². The fraction of sp³-hybridized carbons (Fsp3) is 0.714. The number of primary amides is 1. The number of amides is 3. The minimum atomic E-state index is -1.31. The molecule has 3 amide bonds. The molecule has 0 saturated carbocycles. The SMILES string of the molecule is CC(C)(CC(N)=O)NC(=O)c1nc(N)c(C(=O)NCC(=O)C(C)(C)NC(CCCNC(=N)N)C(=O)C(C)(C)NCCCOCCOCCOCCCN)nc1N. The van der Waals surface area contributed by atoms with Crippen LogP contribution >= 0.6 is 0 Å². The van der Waals surface area contributed by atoms with E-state index in [0.717, 1.165) is 6.42 Å². The van der Waals surface area contributed by atoms with E-state index in [4.69, 9.17) is 48.3 Å². The lowest BCUT2D eigenvalue weighted by atomic mass is 9.87. The minimum Gasteiger partial charge on any atom is -0.382 e. The van der Waals surface area contributed by atoms with Crippen molar-refractivity contribution in [3.05, 3.63) is 11.4 Å². The van der Waals surface area contributed by atoms with Crippen LogP contribution in [0.4, 0.5) is 11.6 Å². The Morgan fingerprint density at radius 1 is 0.732 bits per heavy atom. The van der Waals surface area contributed by atoms with E-state index in [1.807, 2.05) is 0 Å². The van der Waals surface area contributed by atoms with Gasteiger partial charge < -0.3 is 64.1 Å². The molecule has 21 heteroatoms. The molecule has 318 valence electrons. The lowest BCUT2D eigenvalue weighted by Gasteiger charge is -2.35. The zero-order chi connectivity index (χ0) is 42.5. The molecule has 1 aromatic heterocycles. The normalized spacial score (nSPS) is 12.5. The molecule has 0 spiro atoms. The van der Waals surface area contributed by atoms with Gasteiger partial charge in [0.2, 0.25) is 5.91 Å². The Labute approximate surface area is 328 Å². The number of ketones is 2. The fourth-order valence-corrected chi connectivity index (χ4v) is 5.25. The van der Waals surface area contributed by atoms with Gasteiger partial charge in [-0.25, -0.2) is 9.97 Å². The van der Waals surface area contributed by atoms with Gasteiger partial charge >= 0.3 is 0 Å². The van der Waals surface area contributed by atoms with E-state index in [2.05, 4.69) is 36.6 Å². The molecule has 0 radical (unpaired) electrons. The average Bonchev–Trinajstić information content (AvgIpc) is 3.09. The minimum absolute atomic E-state index is 0.163. The second-order valence-corrected chi connectivity index (χ2v) is 14.8. The van der Waals surface area contributed by atoms with Gasteiger partial charge in [-0.15, -0.1) is 0 Å². The standard InChI is InChI=1S/C35H65N13O8/c1-33(2,20-24(37)50)48-31(53)26-29(39)45-25(28(38)46-26)30(52)43-21-23(49)34(3,4)47-22(10-7-12-42-32(40)41)27(51)35(5,6)44-13-9-15-55-17-19-56-18-16-54-14-8-11-36/h22,44,47H,7-21,36H2,1-6H3,(H2,37,50)(H2,38,46)(H2,39,45)(H,43,52)(H,48,53)(H4,40,41,42). The smallest absolute Gasteiger partial charge is 0.274 e. The maximum absolute atomic E-state index is 13.9. The van der Waals surface area contributed by atoms with Gasteiger partial charge in [0.25, 0.3) is 11.8 Å². The highest BCUT2D eigenvalue weighted by Gasteiger charge is 2.38. The van der Waals surface area contributed by atoms with Crippen LogP contribution in [0.15, 0.2) is 0 Å². The monoisotopic (exact) mass is 796 g/mol. The van der Waals surface area contributed by atoms with Crippen molar-refractivity contribution >= 4 is 46.9 Å². The van der Waals surface area contributed by atoms with Crippen molar-refractivity contribution in [1.29, 1.82) is 5.41 Å². The second-order valence-electron chi connectivity index (χ2n) is 14.8. The van der Waals surface area contributed by atoms with Crippen molar-refractivity contribution in [3.63, 3.8) is 0 Å². The number of ether oxygens (including phenoxy) is 3. The Kier molecular flexibility index (Phi) is 21.4. The molecule has 1 atom stereocenters. The molecule has 1 aromatic rings. The number of Topliss-reactive ketones (excluding diaryl/α,β-unsaturated/α-hetero) is 2. The van der Waals surface area contributed by atoms with Crippen LogP contribution in [-0.4, -0.2) is 134 Å². The summed E-state index contributed by atoms with van der Waals surface area (Å²) in [6.07, 6.45) is 2.04. The highest BCUT2D eigenvalue weighted by Crippen LogP contribution is 2.18. The molecule has 1 heterocycles. The summed E-state index contributed by atoms with van der Waals surface area (Å²) >= 11 is 0. The molecule has 0 aliphatic carbocycles. The Balaban J connectivity index is 2.83. The van der Waals surface area contributed by atoms with Gasteiger partial charge in [0.1, 0.15) is 0 Å². The Bertz CT molecular complexity index is 1470. The lowest BCUT2D eigenvalue weighted by Crippen LogP contribution is -2.61. The summed E-state index contributed by atoms with van der Waals surface area (Å²) in [4.78, 5) is 72.4. The average molecular weight is 796 g/mol. The number of nitrogens with two attached hydrogens (primary N) is 5. The van der Waals surface area contributed by atoms with Crippen LogP contribution in [0, 0.1) is 5.41 Å². The number of guanidine groups is 1. The summed E-state index contributed by atoms with van der Waals surface area (Å²) in [6, 6.07) is -0.804. The highest BCUT2D eigenvalue weighted by molar-refractivity contribution is 6.03. The van der Waals surface area contributed by atoms with E-state index in [1.54, 1.807) is 41.5 Å². The molecular weight excluding hydrogens is 730 g/mol. The van der Waals surface area contributed by atoms with Crippen LogP contribution < -0.4 is 55.3 Å². The van der Waals surface area contributed by atoms with Gasteiger partial charge in [-0.3, -0.25) is 34.7 Å². The van der Waals surface area contributed by atoms with Gasteiger partial charge in [0.15, 0.2) is 40.5 Å². The third kappa shape index (κ3) is 18.9. The van der Waals surface area contributed by atoms with Crippen molar-refractivity contribution < 1.29 is 38.2 Å². The molecule has 1 unspecified atom stereocenters. The third-order valence-electron chi connectivity index (χ3n) is 8.28. The number of carbonyl (C=O) groups is 5. The number of aromatic nitrogens is 2. The third-order valence-corrected chi connectivity index (χ3v) is 8.28. The first-order chi connectivity index (χ1) is 26.1. The highest BCUT2D eigenvalue weighted by atomic mass is 16.5. The predicted molar refractivity (Wildman–Crippen MR) is 212 cm³/mol. The van der Waals surface area contributed by atoms with Gasteiger partial charge in [-0.05, 0) is 80.3 Å². The Morgan fingerprint density at radius 2 is 1.27 bits per heavy atom. The number of nitrogens with one attached hydrogen (secondary N) is 6. The molecule has 1 rings (SSSR count). The molecule has 0 fully saturated rings. The molecule has 16 N–H and O–H groups in total. The summed E-state index contributed by atoms with van der Waals surface area (Å²) < 4.78 is 16.5. The fourth-order valence-electron chi connectivity index (χ4n) is 5.25. The van der Waals surface area contributed by atoms with Gasteiger partial charge in [0.05, 0.1) is 50.1 Å². The van der Waals surface area contributed by atoms with Crippen LogP contribution in [0.3, 0.4) is 0 Å². The summed E-state index contributed by atoms with van der Waals surface area (Å²) in [5, 5.41) is 21.6. The van der Waals surface area contributed by atoms with E-state index in [-0.39, 0.29) is 23.9 Å². The van der Waals surface area contributed by atoms with Gasteiger partial charge in [-0.1, -0.05) is 0 Å². The molecule has 0 aliphatic rings. The number of carbonyl (C=O) groups excluding carboxylic acids is 5. The molecule has 21 nitrogen and oxygen atoms in total. The van der Waals surface area contributed by atoms with E-state index < -0.39 is 70.0 Å². The summed E-state index contributed by atoms with van der Waals surface area (Å²) in [5.74, 6) is -4.00. The number of rotatable bonds is 30. The number of anilines is 2. The zero-order valence-corrected chi connectivity index (χ0v) is 33.7. The first-order valence-electron chi connectivity index (χ1n) is 18.6. The molecule has 0 bridgehead atoms. The van der Waals surface area contributed by atoms with Gasteiger partial charge in [-0.2, -0.15) is 0 Å². The van der Waals surface area contributed by atoms with Crippen molar-refractivity contribution in [1.82, 2.24) is 36.6 Å². The second kappa shape index (κ2) is 24.2.